The molecule has 0 spiro atoms. The molecule has 0 unspecified atom stereocenters. The molecule has 1 heterocycles. The minimum Gasteiger partial charge on any atom is -0.444 e. The summed E-state index contributed by atoms with van der Waals surface area (Å²) in [5.74, 6) is 0. The Morgan fingerprint density at radius 1 is 1.43 bits per heavy atom. The summed E-state index contributed by atoms with van der Waals surface area (Å²) in [5.41, 5.74) is 7.29. The van der Waals surface area contributed by atoms with Gasteiger partial charge in [-0.3, -0.25) is 0 Å². The van der Waals surface area contributed by atoms with Gasteiger partial charge < -0.3 is 15.8 Å². The van der Waals surface area contributed by atoms with Gasteiger partial charge in [-0.15, -0.1) is 5.10 Å². The number of carbonyl (C=O) groups excluding carboxylic acids is 1. The average molecular weight is 289 g/mol. The fourth-order valence-electron chi connectivity index (χ4n) is 1.65. The predicted molar refractivity (Wildman–Crippen MR) is 78.8 cm³/mol. The van der Waals surface area contributed by atoms with Crippen LogP contribution in [0.2, 0.25) is 0 Å². The second-order valence-corrected chi connectivity index (χ2v) is 5.60. The molecule has 1 aromatic carbocycles. The molecule has 0 radical (unpaired) electrons. The van der Waals surface area contributed by atoms with Crippen molar-refractivity contribution < 1.29 is 9.53 Å². The van der Waals surface area contributed by atoms with Crippen LogP contribution in [0.15, 0.2) is 30.5 Å². The van der Waals surface area contributed by atoms with E-state index in [9.17, 15) is 4.79 Å². The van der Waals surface area contributed by atoms with Crippen LogP contribution < -0.4 is 11.1 Å². The van der Waals surface area contributed by atoms with Crippen LogP contribution in [0.4, 0.5) is 10.5 Å². The minimum atomic E-state index is -0.525. The molecule has 0 saturated heterocycles. The van der Waals surface area contributed by atoms with Crippen molar-refractivity contribution in [3.05, 3.63) is 36.2 Å². The molecule has 1 aromatic heterocycles. The lowest BCUT2D eigenvalue weighted by Crippen LogP contribution is -2.32. The highest BCUT2D eigenvalue weighted by Gasteiger charge is 2.16. The number of alkyl carbamates (subject to hydrolysis) is 1. The topological polar surface area (TPSA) is 95.1 Å². The van der Waals surface area contributed by atoms with E-state index in [1.54, 1.807) is 23.0 Å². The van der Waals surface area contributed by atoms with E-state index in [1.807, 2.05) is 32.9 Å². The number of anilines is 1. The number of nitrogens with zero attached hydrogens (tertiary/aromatic N) is 3. The van der Waals surface area contributed by atoms with Crippen molar-refractivity contribution in [3.63, 3.8) is 0 Å². The Labute approximate surface area is 123 Å². The number of nitrogen functional groups attached to an aromatic ring is 1. The summed E-state index contributed by atoms with van der Waals surface area (Å²) < 4.78 is 6.74. The number of nitrogens with one attached hydrogen (secondary N) is 1. The maximum atomic E-state index is 11.5. The quantitative estimate of drug-likeness (QED) is 0.841. The monoisotopic (exact) mass is 289 g/mol. The third-order valence-electron chi connectivity index (χ3n) is 2.49. The Kier molecular flexibility index (Phi) is 4.11. The van der Waals surface area contributed by atoms with Crippen LogP contribution in [0.5, 0.6) is 0 Å². The molecule has 0 bridgehead atoms. The van der Waals surface area contributed by atoms with Crippen molar-refractivity contribution in [2.45, 2.75) is 32.9 Å². The number of hydrogen-bond donors (Lipinski definition) is 2. The molecule has 0 atom stereocenters. The lowest BCUT2D eigenvalue weighted by atomic mass is 10.2. The summed E-state index contributed by atoms with van der Waals surface area (Å²) in [7, 11) is 0. The van der Waals surface area contributed by atoms with E-state index in [4.69, 9.17) is 10.5 Å². The van der Waals surface area contributed by atoms with Gasteiger partial charge in [0.1, 0.15) is 11.3 Å². The molecular weight excluding hydrogens is 270 g/mol. The van der Waals surface area contributed by atoms with Gasteiger partial charge in [0.05, 0.1) is 18.4 Å². The van der Waals surface area contributed by atoms with Gasteiger partial charge in [0, 0.05) is 5.69 Å². The van der Waals surface area contributed by atoms with Gasteiger partial charge in [-0.05, 0) is 39.0 Å². The molecule has 7 heteroatoms. The molecule has 0 aliphatic carbocycles. The molecule has 0 aliphatic rings. The van der Waals surface area contributed by atoms with Crippen LogP contribution in [-0.4, -0.2) is 26.7 Å². The number of aromatic nitrogens is 3. The van der Waals surface area contributed by atoms with Gasteiger partial charge in [-0.2, -0.15) is 0 Å². The van der Waals surface area contributed by atoms with Crippen molar-refractivity contribution in [2.75, 3.05) is 5.73 Å². The lowest BCUT2D eigenvalue weighted by molar-refractivity contribution is 0.0523. The highest BCUT2D eigenvalue weighted by molar-refractivity contribution is 5.67. The number of amides is 1. The summed E-state index contributed by atoms with van der Waals surface area (Å²) in [6, 6.07) is 7.30. The van der Waals surface area contributed by atoms with Crippen molar-refractivity contribution >= 4 is 11.8 Å². The van der Waals surface area contributed by atoms with Crippen LogP contribution in [0, 0.1) is 0 Å². The first kappa shape index (κ1) is 14.8. The normalized spacial score (nSPS) is 11.2. The van der Waals surface area contributed by atoms with Crippen molar-refractivity contribution in [1.82, 2.24) is 20.3 Å². The average Bonchev–Trinajstić information content (AvgIpc) is 2.83. The van der Waals surface area contributed by atoms with Crippen LogP contribution in [0.3, 0.4) is 0 Å². The third kappa shape index (κ3) is 4.48. The van der Waals surface area contributed by atoms with Gasteiger partial charge in [-0.25, -0.2) is 9.48 Å². The number of carbonyl (C=O) groups is 1. The number of benzene rings is 1. The van der Waals surface area contributed by atoms with E-state index < -0.39 is 11.7 Å². The van der Waals surface area contributed by atoms with Crippen LogP contribution in [0.1, 0.15) is 26.5 Å². The minimum absolute atomic E-state index is 0.247. The van der Waals surface area contributed by atoms with Crippen LogP contribution >= 0.6 is 0 Å². The molecular formula is C14H19N5O2. The van der Waals surface area contributed by atoms with Gasteiger partial charge >= 0.3 is 6.09 Å². The fourth-order valence-corrected chi connectivity index (χ4v) is 1.65. The molecule has 0 saturated carbocycles. The number of rotatable bonds is 3. The maximum absolute atomic E-state index is 11.5. The standard InChI is InChI=1S/C14H19N5O2/c1-14(2,3)21-13(20)16-8-11-9-19(18-17-11)12-6-4-5-10(15)7-12/h4-7,9H,8,15H2,1-3H3,(H,16,20). The Hall–Kier alpha value is -2.57. The second-order valence-electron chi connectivity index (χ2n) is 5.60. The zero-order valence-corrected chi connectivity index (χ0v) is 12.3. The second kappa shape index (κ2) is 5.82. The Morgan fingerprint density at radius 2 is 2.19 bits per heavy atom. The third-order valence-corrected chi connectivity index (χ3v) is 2.49. The molecule has 0 aliphatic heterocycles. The van der Waals surface area contributed by atoms with Gasteiger partial charge in [0.15, 0.2) is 0 Å². The van der Waals surface area contributed by atoms with Crippen LogP contribution in [0.25, 0.3) is 5.69 Å². The Morgan fingerprint density at radius 3 is 2.86 bits per heavy atom. The SMILES string of the molecule is CC(C)(C)OC(=O)NCc1cn(-c2cccc(N)c2)nn1. The van der Waals surface area contributed by atoms with Crippen molar-refractivity contribution in [2.24, 2.45) is 0 Å². The molecule has 2 rings (SSSR count). The van der Waals surface area contributed by atoms with E-state index in [2.05, 4.69) is 15.6 Å². The van der Waals surface area contributed by atoms with Gasteiger partial charge in [0.25, 0.3) is 0 Å². The van der Waals surface area contributed by atoms with E-state index >= 15 is 0 Å². The number of ether oxygens (including phenoxy) is 1. The highest BCUT2D eigenvalue weighted by Crippen LogP contribution is 2.11. The summed E-state index contributed by atoms with van der Waals surface area (Å²) in [5, 5.41) is 10.6. The summed E-state index contributed by atoms with van der Waals surface area (Å²) in [6.07, 6.45) is 1.24. The molecule has 21 heavy (non-hydrogen) atoms. The van der Waals surface area contributed by atoms with E-state index in [0.717, 1.165) is 5.69 Å². The molecule has 0 fully saturated rings. The first-order chi connectivity index (χ1) is 9.83. The maximum Gasteiger partial charge on any atom is 0.407 e. The zero-order valence-electron chi connectivity index (χ0n) is 12.3. The Bertz CT molecular complexity index is 630. The summed E-state index contributed by atoms with van der Waals surface area (Å²) in [4.78, 5) is 11.5. The summed E-state index contributed by atoms with van der Waals surface area (Å²) in [6.45, 7) is 5.67. The van der Waals surface area contributed by atoms with E-state index in [0.29, 0.717) is 11.4 Å². The molecule has 3 N–H and O–H groups in total. The number of nitrogens with two attached hydrogens (primary N) is 1. The van der Waals surface area contributed by atoms with Crippen LogP contribution in [-0.2, 0) is 11.3 Å². The van der Waals surface area contributed by atoms with Crippen molar-refractivity contribution in [1.29, 1.82) is 0 Å². The van der Waals surface area contributed by atoms with E-state index in [1.165, 1.54) is 0 Å². The predicted octanol–water partition coefficient (Wildman–Crippen LogP) is 1.87. The van der Waals surface area contributed by atoms with Crippen molar-refractivity contribution in [3.8, 4) is 5.69 Å². The molecule has 1 amide bonds. The van der Waals surface area contributed by atoms with Gasteiger partial charge in [0.2, 0.25) is 0 Å². The zero-order chi connectivity index (χ0) is 15.5. The first-order valence-electron chi connectivity index (χ1n) is 6.57. The molecule has 112 valence electrons. The van der Waals surface area contributed by atoms with Gasteiger partial charge in [-0.1, -0.05) is 11.3 Å². The smallest absolute Gasteiger partial charge is 0.407 e. The summed E-state index contributed by atoms with van der Waals surface area (Å²) >= 11 is 0. The van der Waals surface area contributed by atoms with E-state index in [-0.39, 0.29) is 6.54 Å². The lowest BCUT2D eigenvalue weighted by Gasteiger charge is -2.19. The molecule has 2 aromatic rings. The number of hydrogen-bond acceptors (Lipinski definition) is 5. The largest absolute Gasteiger partial charge is 0.444 e. The first-order valence-corrected chi connectivity index (χ1v) is 6.57. The highest BCUT2D eigenvalue weighted by atomic mass is 16.6. The molecule has 7 nitrogen and oxygen atoms in total. The Balaban J connectivity index is 1.96. The fraction of sp³-hybridized carbons (Fsp3) is 0.357.